The zero-order valence-electron chi connectivity index (χ0n) is 10.7. The summed E-state index contributed by atoms with van der Waals surface area (Å²) in [5.74, 6) is 0.458. The van der Waals surface area contributed by atoms with E-state index in [1.807, 2.05) is 0 Å². The molecule has 0 aliphatic carbocycles. The second kappa shape index (κ2) is 6.35. The van der Waals surface area contributed by atoms with Crippen molar-refractivity contribution in [2.24, 2.45) is 0 Å². The van der Waals surface area contributed by atoms with E-state index in [-0.39, 0.29) is 11.8 Å². The number of nitro benzene ring substituents is 1. The van der Waals surface area contributed by atoms with Gasteiger partial charge in [-0.05, 0) is 0 Å². The lowest BCUT2D eigenvalue weighted by atomic mass is 10.2. The van der Waals surface area contributed by atoms with E-state index in [1.54, 1.807) is 6.07 Å². The van der Waals surface area contributed by atoms with Gasteiger partial charge in [-0.25, -0.2) is 0 Å². The van der Waals surface area contributed by atoms with Crippen LogP contribution < -0.4 is 15.4 Å². The predicted octanol–water partition coefficient (Wildman–Crippen LogP) is 1.00. The van der Waals surface area contributed by atoms with Crippen molar-refractivity contribution in [2.75, 3.05) is 38.7 Å². The Balaban J connectivity index is 2.02. The second-order valence-electron chi connectivity index (χ2n) is 4.25. The van der Waals surface area contributed by atoms with Crippen LogP contribution in [0.15, 0.2) is 18.2 Å². The van der Waals surface area contributed by atoms with Gasteiger partial charge in [-0.15, -0.1) is 0 Å². The van der Waals surface area contributed by atoms with Crippen LogP contribution in [-0.4, -0.2) is 44.4 Å². The Morgan fingerprint density at radius 1 is 1.58 bits per heavy atom. The third-order valence-corrected chi connectivity index (χ3v) is 2.88. The Bertz CT molecular complexity index is 447. The van der Waals surface area contributed by atoms with E-state index in [4.69, 9.17) is 9.47 Å². The topological polar surface area (TPSA) is 85.7 Å². The molecule has 1 aliphatic rings. The molecule has 1 saturated heterocycles. The van der Waals surface area contributed by atoms with E-state index < -0.39 is 4.92 Å². The van der Waals surface area contributed by atoms with Crippen molar-refractivity contribution >= 4 is 11.4 Å². The predicted molar refractivity (Wildman–Crippen MR) is 70.7 cm³/mol. The summed E-state index contributed by atoms with van der Waals surface area (Å²) < 4.78 is 10.6. The minimum atomic E-state index is -0.438. The highest BCUT2D eigenvalue weighted by molar-refractivity contribution is 5.56. The van der Waals surface area contributed by atoms with Crippen molar-refractivity contribution in [2.45, 2.75) is 6.10 Å². The van der Waals surface area contributed by atoms with Crippen LogP contribution in [0.4, 0.5) is 11.4 Å². The van der Waals surface area contributed by atoms with Gasteiger partial charge < -0.3 is 20.1 Å². The molecule has 0 bridgehead atoms. The molecule has 2 rings (SSSR count). The molecule has 0 spiro atoms. The van der Waals surface area contributed by atoms with Crippen LogP contribution in [-0.2, 0) is 4.74 Å². The van der Waals surface area contributed by atoms with Crippen LogP contribution in [0.25, 0.3) is 0 Å². The van der Waals surface area contributed by atoms with Crippen molar-refractivity contribution < 1.29 is 14.4 Å². The molecule has 1 aromatic carbocycles. The maximum Gasteiger partial charge on any atom is 0.275 e. The molecule has 2 N–H and O–H groups in total. The van der Waals surface area contributed by atoms with E-state index >= 15 is 0 Å². The summed E-state index contributed by atoms with van der Waals surface area (Å²) in [6, 6.07) is 4.60. The standard InChI is InChI=1S/C12H17N3O4/c1-18-11-5-9(4-10(6-11)15(16)17)14-8-12-7-13-2-3-19-12/h4-6,12-14H,2-3,7-8H2,1H3. The highest BCUT2D eigenvalue weighted by Crippen LogP contribution is 2.25. The van der Waals surface area contributed by atoms with Crippen molar-refractivity contribution in [1.29, 1.82) is 0 Å². The van der Waals surface area contributed by atoms with E-state index in [9.17, 15) is 10.1 Å². The Hall–Kier alpha value is -1.86. The lowest BCUT2D eigenvalue weighted by molar-refractivity contribution is -0.384. The minimum Gasteiger partial charge on any atom is -0.496 e. The normalized spacial score (nSPS) is 18.9. The van der Waals surface area contributed by atoms with Gasteiger partial charge in [-0.1, -0.05) is 0 Å². The summed E-state index contributed by atoms with van der Waals surface area (Å²) in [4.78, 5) is 10.4. The fraction of sp³-hybridized carbons (Fsp3) is 0.500. The van der Waals surface area contributed by atoms with Gasteiger partial charge in [0.25, 0.3) is 5.69 Å². The second-order valence-corrected chi connectivity index (χ2v) is 4.25. The number of nitrogens with one attached hydrogen (secondary N) is 2. The highest BCUT2D eigenvalue weighted by Gasteiger charge is 2.14. The molecule has 1 aromatic rings. The Morgan fingerprint density at radius 2 is 2.42 bits per heavy atom. The van der Waals surface area contributed by atoms with Gasteiger partial charge in [0.15, 0.2) is 0 Å². The number of hydrogen-bond acceptors (Lipinski definition) is 6. The lowest BCUT2D eigenvalue weighted by Gasteiger charge is -2.24. The zero-order valence-corrected chi connectivity index (χ0v) is 10.7. The maximum absolute atomic E-state index is 10.8. The molecule has 1 atom stereocenters. The van der Waals surface area contributed by atoms with Gasteiger partial charge in [-0.2, -0.15) is 0 Å². The third-order valence-electron chi connectivity index (χ3n) is 2.88. The van der Waals surface area contributed by atoms with Gasteiger partial charge >= 0.3 is 0 Å². The number of hydrogen-bond donors (Lipinski definition) is 2. The quantitative estimate of drug-likeness (QED) is 0.611. The van der Waals surface area contributed by atoms with Crippen molar-refractivity contribution in [3.63, 3.8) is 0 Å². The smallest absolute Gasteiger partial charge is 0.275 e. The number of nitrogens with zero attached hydrogens (tertiary/aromatic N) is 1. The number of benzene rings is 1. The monoisotopic (exact) mass is 267 g/mol. The number of ether oxygens (including phenoxy) is 2. The fourth-order valence-electron chi connectivity index (χ4n) is 1.89. The molecule has 7 nitrogen and oxygen atoms in total. The molecule has 0 radical (unpaired) electrons. The first-order valence-corrected chi connectivity index (χ1v) is 6.08. The van der Waals surface area contributed by atoms with Crippen molar-refractivity contribution in [3.8, 4) is 5.75 Å². The van der Waals surface area contributed by atoms with Gasteiger partial charge in [0.2, 0.25) is 0 Å². The van der Waals surface area contributed by atoms with Gasteiger partial charge in [-0.3, -0.25) is 10.1 Å². The maximum atomic E-state index is 10.8. The van der Waals surface area contributed by atoms with E-state index in [1.165, 1.54) is 19.2 Å². The van der Waals surface area contributed by atoms with E-state index in [0.29, 0.717) is 24.6 Å². The number of rotatable bonds is 5. The number of nitro groups is 1. The first kappa shape index (κ1) is 13.6. The zero-order chi connectivity index (χ0) is 13.7. The molecule has 0 aromatic heterocycles. The first-order valence-electron chi connectivity index (χ1n) is 6.08. The largest absolute Gasteiger partial charge is 0.496 e. The molecule has 1 heterocycles. The van der Waals surface area contributed by atoms with Crippen LogP contribution >= 0.6 is 0 Å². The van der Waals surface area contributed by atoms with Crippen LogP contribution in [0.3, 0.4) is 0 Å². The highest BCUT2D eigenvalue weighted by atomic mass is 16.6. The van der Waals surface area contributed by atoms with Gasteiger partial charge in [0, 0.05) is 37.5 Å². The molecule has 0 amide bonds. The Kier molecular flexibility index (Phi) is 4.53. The fourth-order valence-corrected chi connectivity index (χ4v) is 1.89. The first-order chi connectivity index (χ1) is 9.19. The molecule has 1 aliphatic heterocycles. The third kappa shape index (κ3) is 3.80. The minimum absolute atomic E-state index is 0.00420. The number of morpholine rings is 1. The molecule has 104 valence electrons. The van der Waals surface area contributed by atoms with Crippen molar-refractivity contribution in [3.05, 3.63) is 28.3 Å². The average Bonchev–Trinajstić information content (AvgIpc) is 2.45. The van der Waals surface area contributed by atoms with Crippen LogP contribution in [0.5, 0.6) is 5.75 Å². The molecular formula is C12H17N3O4. The summed E-state index contributed by atoms with van der Waals surface area (Å²) in [6.45, 7) is 2.92. The summed E-state index contributed by atoms with van der Waals surface area (Å²) in [7, 11) is 1.48. The molecule has 0 saturated carbocycles. The number of methoxy groups -OCH3 is 1. The van der Waals surface area contributed by atoms with E-state index in [2.05, 4.69) is 10.6 Å². The molecular weight excluding hydrogens is 250 g/mol. The summed E-state index contributed by atoms with van der Waals surface area (Å²) in [6.07, 6.45) is 0.0685. The Morgan fingerprint density at radius 3 is 3.05 bits per heavy atom. The molecule has 1 fully saturated rings. The van der Waals surface area contributed by atoms with Crippen LogP contribution in [0, 0.1) is 10.1 Å². The van der Waals surface area contributed by atoms with Crippen LogP contribution in [0.1, 0.15) is 0 Å². The molecule has 7 heteroatoms. The molecule has 19 heavy (non-hydrogen) atoms. The summed E-state index contributed by atoms with van der Waals surface area (Å²) in [5.41, 5.74) is 0.657. The lowest BCUT2D eigenvalue weighted by Crippen LogP contribution is -2.42. The van der Waals surface area contributed by atoms with Crippen LogP contribution in [0.2, 0.25) is 0 Å². The summed E-state index contributed by atoms with van der Waals surface area (Å²) >= 11 is 0. The van der Waals surface area contributed by atoms with Gasteiger partial charge in [0.1, 0.15) is 5.75 Å². The van der Waals surface area contributed by atoms with Crippen molar-refractivity contribution in [1.82, 2.24) is 5.32 Å². The Labute approximate surface area is 111 Å². The average molecular weight is 267 g/mol. The summed E-state index contributed by atoms with van der Waals surface area (Å²) in [5, 5.41) is 17.2. The number of non-ortho nitro benzene ring substituents is 1. The van der Waals surface area contributed by atoms with Gasteiger partial charge in [0.05, 0.1) is 30.8 Å². The molecule has 1 unspecified atom stereocenters. The number of anilines is 1. The van der Waals surface area contributed by atoms with E-state index in [0.717, 1.165) is 13.1 Å². The SMILES string of the molecule is COc1cc(NCC2CNCCO2)cc([N+](=O)[O-])c1.